The fraction of sp³-hybridized carbons (Fsp3) is 0.182. The zero-order valence-electron chi connectivity index (χ0n) is 8.86. The number of rotatable bonds is 1. The summed E-state index contributed by atoms with van der Waals surface area (Å²) >= 11 is 0. The molecule has 0 aliphatic heterocycles. The minimum absolute atomic E-state index is 0.0944. The van der Waals surface area contributed by atoms with Crippen LogP contribution in [-0.4, -0.2) is 14.9 Å². The predicted octanol–water partition coefficient (Wildman–Crippen LogP) is 2.91. The lowest BCUT2D eigenvalue weighted by atomic mass is 10.2. The smallest absolute Gasteiger partial charge is 0.419 e. The maximum Gasteiger partial charge on any atom is 0.419 e. The number of phenolic OH excluding ortho intramolecular Hbond substituents is 1. The van der Waals surface area contributed by atoms with Gasteiger partial charge in [-0.15, -0.1) is 0 Å². The van der Waals surface area contributed by atoms with Gasteiger partial charge in [-0.3, -0.25) is 0 Å². The Bertz CT molecular complexity index is 546. The van der Waals surface area contributed by atoms with Crippen LogP contribution in [0.2, 0.25) is 0 Å². The fourth-order valence-corrected chi connectivity index (χ4v) is 1.39. The number of phenols is 1. The van der Waals surface area contributed by atoms with Gasteiger partial charge in [0.05, 0.1) is 17.4 Å². The Hall–Kier alpha value is -1.98. The monoisotopic (exact) mass is 242 g/mol. The van der Waals surface area contributed by atoms with E-state index in [1.54, 1.807) is 13.0 Å². The third kappa shape index (κ3) is 2.25. The van der Waals surface area contributed by atoms with E-state index in [0.29, 0.717) is 11.3 Å². The minimum Gasteiger partial charge on any atom is -0.508 e. The molecule has 0 aliphatic carbocycles. The van der Waals surface area contributed by atoms with E-state index in [4.69, 9.17) is 0 Å². The second-order valence-electron chi connectivity index (χ2n) is 3.64. The second kappa shape index (κ2) is 3.80. The van der Waals surface area contributed by atoms with E-state index in [1.807, 2.05) is 0 Å². The molecule has 0 unspecified atom stereocenters. The summed E-state index contributed by atoms with van der Waals surface area (Å²) in [6.45, 7) is 1.66. The highest BCUT2D eigenvalue weighted by molar-refractivity contribution is 5.42. The average Bonchev–Trinajstić information content (AvgIpc) is 2.70. The van der Waals surface area contributed by atoms with Crippen molar-refractivity contribution in [2.24, 2.45) is 0 Å². The molecule has 6 heteroatoms. The Morgan fingerprint density at radius 1 is 1.29 bits per heavy atom. The zero-order valence-corrected chi connectivity index (χ0v) is 8.86. The highest BCUT2D eigenvalue weighted by Crippen LogP contribution is 2.29. The van der Waals surface area contributed by atoms with Gasteiger partial charge in [-0.25, -0.2) is 4.68 Å². The van der Waals surface area contributed by atoms with E-state index in [-0.39, 0.29) is 5.75 Å². The zero-order chi connectivity index (χ0) is 12.6. The van der Waals surface area contributed by atoms with Gasteiger partial charge in [-0.05, 0) is 30.7 Å². The Labute approximate surface area is 95.1 Å². The van der Waals surface area contributed by atoms with Crippen molar-refractivity contribution < 1.29 is 18.3 Å². The number of benzene rings is 1. The van der Waals surface area contributed by atoms with Crippen molar-refractivity contribution in [3.05, 3.63) is 41.7 Å². The van der Waals surface area contributed by atoms with Gasteiger partial charge in [0.2, 0.25) is 0 Å². The molecule has 0 atom stereocenters. The summed E-state index contributed by atoms with van der Waals surface area (Å²) < 4.78 is 38.2. The summed E-state index contributed by atoms with van der Waals surface area (Å²) in [5.74, 6) is 0.0944. The molecule has 0 bridgehead atoms. The van der Waals surface area contributed by atoms with Crippen LogP contribution < -0.4 is 0 Å². The summed E-state index contributed by atoms with van der Waals surface area (Å²) in [4.78, 5) is 0. The molecule has 0 amide bonds. The van der Waals surface area contributed by atoms with Crippen molar-refractivity contribution in [3.8, 4) is 11.4 Å². The van der Waals surface area contributed by atoms with Gasteiger partial charge in [0, 0.05) is 6.20 Å². The first-order chi connectivity index (χ1) is 7.88. The van der Waals surface area contributed by atoms with E-state index < -0.39 is 11.7 Å². The van der Waals surface area contributed by atoms with Gasteiger partial charge in [0.1, 0.15) is 5.75 Å². The van der Waals surface area contributed by atoms with Gasteiger partial charge in [-0.2, -0.15) is 18.3 Å². The molecule has 17 heavy (non-hydrogen) atoms. The lowest BCUT2D eigenvalue weighted by Gasteiger charge is -2.04. The fourth-order valence-electron chi connectivity index (χ4n) is 1.39. The number of aromatic hydroxyl groups is 1. The SMILES string of the molecule is Cc1cc(-n2cc(C(F)(F)F)cn2)ccc1O. The number of hydrogen-bond donors (Lipinski definition) is 1. The van der Waals surface area contributed by atoms with E-state index in [2.05, 4.69) is 5.10 Å². The Morgan fingerprint density at radius 3 is 2.53 bits per heavy atom. The first kappa shape index (κ1) is 11.5. The molecule has 1 N–H and O–H groups in total. The van der Waals surface area contributed by atoms with Crippen LogP contribution in [0.4, 0.5) is 13.2 Å². The van der Waals surface area contributed by atoms with E-state index in [0.717, 1.165) is 17.1 Å². The van der Waals surface area contributed by atoms with Crippen molar-refractivity contribution in [1.82, 2.24) is 9.78 Å². The Balaban J connectivity index is 2.40. The van der Waals surface area contributed by atoms with Crippen molar-refractivity contribution in [2.45, 2.75) is 13.1 Å². The van der Waals surface area contributed by atoms with E-state index >= 15 is 0 Å². The maximum atomic E-state index is 12.4. The molecule has 1 heterocycles. The molecule has 0 aliphatic rings. The van der Waals surface area contributed by atoms with Crippen LogP contribution in [0.25, 0.3) is 5.69 Å². The lowest BCUT2D eigenvalue weighted by molar-refractivity contribution is -0.137. The van der Waals surface area contributed by atoms with Crippen LogP contribution in [0.3, 0.4) is 0 Å². The highest BCUT2D eigenvalue weighted by atomic mass is 19.4. The molecule has 2 rings (SSSR count). The molecular formula is C11H9F3N2O. The molecule has 90 valence electrons. The normalized spacial score (nSPS) is 11.8. The number of alkyl halides is 3. The van der Waals surface area contributed by atoms with E-state index in [1.165, 1.54) is 12.1 Å². The Kier molecular flexibility index (Phi) is 2.57. The largest absolute Gasteiger partial charge is 0.508 e. The first-order valence-corrected chi connectivity index (χ1v) is 4.80. The third-order valence-electron chi connectivity index (χ3n) is 2.35. The maximum absolute atomic E-state index is 12.4. The third-order valence-corrected chi connectivity index (χ3v) is 2.35. The summed E-state index contributed by atoms with van der Waals surface area (Å²) in [6.07, 6.45) is -2.72. The number of nitrogens with zero attached hydrogens (tertiary/aromatic N) is 2. The molecule has 3 nitrogen and oxygen atoms in total. The standard InChI is InChI=1S/C11H9F3N2O/c1-7-4-9(2-3-10(7)17)16-6-8(5-15-16)11(12,13)14/h2-6,17H,1H3. The number of halogens is 3. The second-order valence-corrected chi connectivity index (χ2v) is 3.64. The van der Waals surface area contributed by atoms with E-state index in [9.17, 15) is 18.3 Å². The molecule has 0 spiro atoms. The average molecular weight is 242 g/mol. The highest BCUT2D eigenvalue weighted by Gasteiger charge is 2.32. The lowest BCUT2D eigenvalue weighted by Crippen LogP contribution is -2.03. The van der Waals surface area contributed by atoms with Crippen LogP contribution in [0.15, 0.2) is 30.6 Å². The Morgan fingerprint density at radius 2 is 2.00 bits per heavy atom. The van der Waals surface area contributed by atoms with Crippen LogP contribution in [0.5, 0.6) is 5.75 Å². The van der Waals surface area contributed by atoms with Crippen molar-refractivity contribution >= 4 is 0 Å². The molecule has 0 fully saturated rings. The van der Waals surface area contributed by atoms with Gasteiger partial charge in [-0.1, -0.05) is 0 Å². The number of aromatic nitrogens is 2. The van der Waals surface area contributed by atoms with Crippen LogP contribution >= 0.6 is 0 Å². The summed E-state index contributed by atoms with van der Waals surface area (Å²) in [7, 11) is 0. The van der Waals surface area contributed by atoms with Gasteiger partial charge in [0.25, 0.3) is 0 Å². The predicted molar refractivity (Wildman–Crippen MR) is 55.0 cm³/mol. The van der Waals surface area contributed by atoms with Crippen LogP contribution in [0.1, 0.15) is 11.1 Å². The number of aryl methyl sites for hydroxylation is 1. The van der Waals surface area contributed by atoms with Crippen LogP contribution in [0, 0.1) is 6.92 Å². The molecule has 0 saturated carbocycles. The summed E-state index contributed by atoms with van der Waals surface area (Å²) in [5.41, 5.74) is 0.241. The first-order valence-electron chi connectivity index (χ1n) is 4.80. The van der Waals surface area contributed by atoms with Crippen molar-refractivity contribution in [3.63, 3.8) is 0 Å². The quantitative estimate of drug-likeness (QED) is 0.834. The van der Waals surface area contributed by atoms with Gasteiger partial charge < -0.3 is 5.11 Å². The molecule has 1 aromatic heterocycles. The molecule has 0 radical (unpaired) electrons. The van der Waals surface area contributed by atoms with Gasteiger partial charge in [0.15, 0.2) is 0 Å². The minimum atomic E-state index is -4.40. The molecular weight excluding hydrogens is 233 g/mol. The van der Waals surface area contributed by atoms with Crippen molar-refractivity contribution in [2.75, 3.05) is 0 Å². The molecule has 1 aromatic carbocycles. The van der Waals surface area contributed by atoms with Crippen molar-refractivity contribution in [1.29, 1.82) is 0 Å². The topological polar surface area (TPSA) is 38.0 Å². The summed E-state index contributed by atoms with van der Waals surface area (Å²) in [5, 5.41) is 13.0. The summed E-state index contributed by atoms with van der Waals surface area (Å²) in [6, 6.07) is 4.47. The van der Waals surface area contributed by atoms with Crippen LogP contribution in [-0.2, 0) is 6.18 Å². The number of hydrogen-bond acceptors (Lipinski definition) is 2. The van der Waals surface area contributed by atoms with Gasteiger partial charge >= 0.3 is 6.18 Å². The molecule has 2 aromatic rings. The molecule has 0 saturated heterocycles.